The average Bonchev–Trinajstić information content (AvgIpc) is 2.47. The van der Waals surface area contributed by atoms with Crippen LogP contribution in [-0.4, -0.2) is 43.2 Å². The molecule has 2 rings (SSSR count). The fraction of sp³-hybridized carbons (Fsp3) is 0.900. The Morgan fingerprint density at radius 3 is 2.44 bits per heavy atom. The summed E-state index contributed by atoms with van der Waals surface area (Å²) >= 11 is 0. The smallest absolute Gasteiger partial charge is 0.333 e. The molecule has 2 aliphatic heterocycles. The van der Waals surface area contributed by atoms with Gasteiger partial charge in [-0.1, -0.05) is 0 Å². The fourth-order valence-corrected chi connectivity index (χ4v) is 2.63. The lowest BCUT2D eigenvalue weighted by molar-refractivity contribution is -0.161. The van der Waals surface area contributed by atoms with Crippen molar-refractivity contribution in [1.29, 1.82) is 0 Å². The van der Waals surface area contributed by atoms with Crippen molar-refractivity contribution in [3.63, 3.8) is 0 Å². The van der Waals surface area contributed by atoms with Crippen molar-refractivity contribution in [3.8, 4) is 0 Å². The number of nitrogens with one attached hydrogen (secondary N) is 1. The molecule has 2 fully saturated rings. The highest BCUT2D eigenvalue weighted by Crippen LogP contribution is 2.40. The third-order valence-corrected chi connectivity index (χ3v) is 3.53. The number of carbonyl (C=O) groups is 1. The zero-order valence-electron chi connectivity index (χ0n) is 8.94. The fourth-order valence-electron chi connectivity index (χ4n) is 2.63. The Morgan fingerprint density at radius 2 is 1.88 bits per heavy atom. The number of nitrogens with zero attached hydrogens (tertiary/aromatic N) is 1. The van der Waals surface area contributed by atoms with Crippen molar-refractivity contribution in [1.82, 2.24) is 10.2 Å². The molecular weight excluding hydrogens is 221 g/mol. The van der Waals surface area contributed by atoms with Crippen LogP contribution in [0.4, 0.5) is 13.2 Å². The molecule has 1 spiro atoms. The molecule has 3 nitrogen and oxygen atoms in total. The minimum absolute atomic E-state index is 0.248. The molecule has 6 heteroatoms. The number of carbonyl (C=O) groups excluding carboxylic acids is 1. The van der Waals surface area contributed by atoms with Crippen LogP contribution in [0.3, 0.4) is 0 Å². The Morgan fingerprint density at radius 1 is 1.25 bits per heavy atom. The third kappa shape index (κ3) is 2.16. The maximum Gasteiger partial charge on any atom is 0.406 e. The zero-order valence-corrected chi connectivity index (χ0v) is 8.94. The lowest BCUT2D eigenvalue weighted by atomic mass is 9.78. The van der Waals surface area contributed by atoms with Crippen LogP contribution in [-0.2, 0) is 4.79 Å². The van der Waals surface area contributed by atoms with Gasteiger partial charge in [0.25, 0.3) is 0 Å². The maximum absolute atomic E-state index is 12.2. The Balaban J connectivity index is 2.03. The lowest BCUT2D eigenvalue weighted by Gasteiger charge is -2.32. The van der Waals surface area contributed by atoms with E-state index >= 15 is 0 Å². The van der Waals surface area contributed by atoms with E-state index in [0.717, 1.165) is 18.0 Å². The van der Waals surface area contributed by atoms with Crippen LogP contribution in [0.15, 0.2) is 0 Å². The summed E-state index contributed by atoms with van der Waals surface area (Å²) < 4.78 is 36.7. The van der Waals surface area contributed by atoms with Crippen LogP contribution < -0.4 is 5.32 Å². The van der Waals surface area contributed by atoms with Gasteiger partial charge in [0, 0.05) is 6.54 Å². The van der Waals surface area contributed by atoms with Crippen LogP contribution in [0, 0.1) is 5.41 Å². The van der Waals surface area contributed by atoms with Gasteiger partial charge in [0.1, 0.15) is 6.54 Å². The molecule has 0 aromatic rings. The van der Waals surface area contributed by atoms with Gasteiger partial charge in [-0.3, -0.25) is 4.79 Å². The van der Waals surface area contributed by atoms with E-state index in [9.17, 15) is 18.0 Å². The number of rotatable bonds is 1. The van der Waals surface area contributed by atoms with Gasteiger partial charge >= 0.3 is 6.18 Å². The first kappa shape index (κ1) is 11.7. The van der Waals surface area contributed by atoms with Crippen LogP contribution >= 0.6 is 0 Å². The number of hydrogen-bond donors (Lipinski definition) is 1. The van der Waals surface area contributed by atoms with Crippen LogP contribution in [0.25, 0.3) is 0 Å². The maximum atomic E-state index is 12.2. The van der Waals surface area contributed by atoms with Gasteiger partial charge in [-0.25, -0.2) is 0 Å². The highest BCUT2D eigenvalue weighted by atomic mass is 19.4. The predicted molar refractivity (Wildman–Crippen MR) is 51.8 cm³/mol. The SMILES string of the molecule is O=C1N(CC(F)(F)F)CCC12CCNCC2. The molecule has 1 amide bonds. The highest BCUT2D eigenvalue weighted by molar-refractivity contribution is 5.85. The van der Waals surface area contributed by atoms with Crippen molar-refractivity contribution in [2.75, 3.05) is 26.2 Å². The molecule has 2 heterocycles. The first-order valence-corrected chi connectivity index (χ1v) is 5.50. The molecule has 1 N–H and O–H groups in total. The summed E-state index contributed by atoms with van der Waals surface area (Å²) in [5, 5.41) is 3.13. The van der Waals surface area contributed by atoms with Crippen molar-refractivity contribution >= 4 is 5.91 Å². The Hall–Kier alpha value is -0.780. The quantitative estimate of drug-likeness (QED) is 0.740. The minimum atomic E-state index is -4.28. The molecule has 0 bridgehead atoms. The number of alkyl halides is 3. The van der Waals surface area contributed by atoms with E-state index < -0.39 is 18.1 Å². The summed E-state index contributed by atoms with van der Waals surface area (Å²) in [5.74, 6) is -0.300. The molecule has 0 radical (unpaired) electrons. The van der Waals surface area contributed by atoms with Gasteiger partial charge in [-0.2, -0.15) is 13.2 Å². The largest absolute Gasteiger partial charge is 0.406 e. The van der Waals surface area contributed by atoms with Crippen LogP contribution in [0.5, 0.6) is 0 Å². The summed E-state index contributed by atoms with van der Waals surface area (Å²) in [7, 11) is 0. The summed E-state index contributed by atoms with van der Waals surface area (Å²) in [6, 6.07) is 0. The molecule has 0 aliphatic carbocycles. The van der Waals surface area contributed by atoms with Crippen molar-refractivity contribution in [2.45, 2.75) is 25.4 Å². The zero-order chi connectivity index (χ0) is 11.8. The van der Waals surface area contributed by atoms with Crippen LogP contribution in [0.1, 0.15) is 19.3 Å². The normalized spacial score (nSPS) is 25.4. The molecule has 16 heavy (non-hydrogen) atoms. The first-order chi connectivity index (χ1) is 7.43. The van der Waals surface area contributed by atoms with E-state index in [1.165, 1.54) is 0 Å². The number of halogens is 3. The lowest BCUT2D eigenvalue weighted by Crippen LogP contribution is -2.44. The number of hydrogen-bond acceptors (Lipinski definition) is 2. The van der Waals surface area contributed by atoms with Crippen molar-refractivity contribution in [3.05, 3.63) is 0 Å². The summed E-state index contributed by atoms with van der Waals surface area (Å²) in [5.41, 5.74) is -0.503. The van der Waals surface area contributed by atoms with Gasteiger partial charge in [0.2, 0.25) is 5.91 Å². The first-order valence-electron chi connectivity index (χ1n) is 5.50. The highest BCUT2D eigenvalue weighted by Gasteiger charge is 2.49. The van der Waals surface area contributed by atoms with E-state index in [1.54, 1.807) is 0 Å². The molecule has 0 atom stereocenters. The van der Waals surface area contributed by atoms with E-state index in [2.05, 4.69) is 5.32 Å². The molecule has 92 valence electrons. The van der Waals surface area contributed by atoms with Crippen LogP contribution in [0.2, 0.25) is 0 Å². The monoisotopic (exact) mass is 236 g/mol. The van der Waals surface area contributed by atoms with Gasteiger partial charge in [-0.15, -0.1) is 0 Å². The molecule has 2 aliphatic rings. The van der Waals surface area contributed by atoms with Gasteiger partial charge in [0.15, 0.2) is 0 Å². The Bertz CT molecular complexity index is 284. The number of piperidine rings is 1. The third-order valence-electron chi connectivity index (χ3n) is 3.53. The second kappa shape index (κ2) is 3.91. The minimum Gasteiger partial charge on any atom is -0.333 e. The number of amides is 1. The molecule has 2 saturated heterocycles. The molecule has 0 saturated carbocycles. The summed E-state index contributed by atoms with van der Waals surface area (Å²) in [6.07, 6.45) is -2.38. The summed E-state index contributed by atoms with van der Waals surface area (Å²) in [4.78, 5) is 12.9. The number of likely N-dealkylation sites (tertiary alicyclic amines) is 1. The topological polar surface area (TPSA) is 32.3 Å². The van der Waals surface area contributed by atoms with Crippen molar-refractivity contribution < 1.29 is 18.0 Å². The molecular formula is C10H15F3N2O. The standard InChI is InChI=1S/C10H15F3N2O/c11-10(12,13)7-15-6-3-9(8(15)16)1-4-14-5-2-9/h14H,1-7H2. The second-order valence-electron chi connectivity index (χ2n) is 4.62. The van der Waals surface area contributed by atoms with Gasteiger partial charge < -0.3 is 10.2 Å². The van der Waals surface area contributed by atoms with E-state index in [1.807, 2.05) is 0 Å². The van der Waals surface area contributed by atoms with Crippen molar-refractivity contribution in [2.24, 2.45) is 5.41 Å². The molecule has 0 unspecified atom stereocenters. The van der Waals surface area contributed by atoms with Gasteiger partial charge in [0.05, 0.1) is 5.41 Å². The van der Waals surface area contributed by atoms with Gasteiger partial charge in [-0.05, 0) is 32.4 Å². The Kier molecular flexibility index (Phi) is 2.86. The Labute approximate surface area is 92.0 Å². The second-order valence-corrected chi connectivity index (χ2v) is 4.62. The summed E-state index contributed by atoms with van der Waals surface area (Å²) in [6.45, 7) is 0.608. The predicted octanol–water partition coefficient (Wildman–Crippen LogP) is 1.15. The average molecular weight is 236 g/mol. The van der Waals surface area contributed by atoms with E-state index in [-0.39, 0.29) is 12.5 Å². The van der Waals surface area contributed by atoms with E-state index in [0.29, 0.717) is 19.3 Å². The molecule has 0 aromatic carbocycles. The molecule has 0 aromatic heterocycles. The van der Waals surface area contributed by atoms with E-state index in [4.69, 9.17) is 0 Å².